The fourth-order valence-electron chi connectivity index (χ4n) is 0.843. The Hall–Kier alpha value is -0.370. The monoisotopic (exact) mass is 199 g/mol. The van der Waals surface area contributed by atoms with Gasteiger partial charge in [-0.25, -0.2) is 0 Å². The van der Waals surface area contributed by atoms with Crippen molar-refractivity contribution in [2.24, 2.45) is 0 Å². The van der Waals surface area contributed by atoms with Crippen molar-refractivity contribution in [3.63, 3.8) is 0 Å². The summed E-state index contributed by atoms with van der Waals surface area (Å²) >= 11 is 3.48. The number of rotatable bonds is 1. The van der Waals surface area contributed by atoms with Crippen LogP contribution in [0.1, 0.15) is 18.2 Å². The maximum atomic E-state index is 4.21. The second-order valence-corrected chi connectivity index (χ2v) is 3.04. The van der Waals surface area contributed by atoms with Gasteiger partial charge in [-0.1, -0.05) is 6.92 Å². The van der Waals surface area contributed by atoms with Gasteiger partial charge >= 0.3 is 0 Å². The zero-order chi connectivity index (χ0) is 7.56. The predicted molar refractivity (Wildman–Crippen MR) is 46.1 cm³/mol. The summed E-state index contributed by atoms with van der Waals surface area (Å²) in [6, 6.07) is 2.00. The average molecular weight is 200 g/mol. The summed E-state index contributed by atoms with van der Waals surface area (Å²) in [6.45, 7) is 4.18. The number of hydrogen-bond donors (Lipinski definition) is 0. The number of aryl methyl sites for hydroxylation is 2. The van der Waals surface area contributed by atoms with E-state index in [4.69, 9.17) is 0 Å². The molecule has 54 valence electrons. The van der Waals surface area contributed by atoms with Crippen molar-refractivity contribution in [1.29, 1.82) is 0 Å². The van der Waals surface area contributed by atoms with E-state index in [1.54, 1.807) is 0 Å². The van der Waals surface area contributed by atoms with E-state index in [2.05, 4.69) is 34.8 Å². The molecule has 0 aliphatic heterocycles. The molecular formula is C8H10BrN. The molecule has 0 aliphatic rings. The maximum Gasteiger partial charge on any atom is 0.0545 e. The van der Waals surface area contributed by atoms with Crippen LogP contribution in [0.15, 0.2) is 16.7 Å². The van der Waals surface area contributed by atoms with Crippen LogP contribution in [0.4, 0.5) is 0 Å². The Morgan fingerprint density at radius 3 is 2.80 bits per heavy atom. The minimum atomic E-state index is 0.988. The molecule has 0 N–H and O–H groups in total. The summed E-state index contributed by atoms with van der Waals surface area (Å²) in [5.41, 5.74) is 2.40. The second-order valence-electron chi connectivity index (χ2n) is 2.24. The highest BCUT2D eigenvalue weighted by atomic mass is 79.9. The third-order valence-electron chi connectivity index (χ3n) is 1.49. The van der Waals surface area contributed by atoms with E-state index < -0.39 is 0 Å². The molecular weight excluding hydrogens is 190 g/mol. The summed E-state index contributed by atoms with van der Waals surface area (Å²) in [5, 5.41) is 0. The van der Waals surface area contributed by atoms with Gasteiger partial charge in [0.1, 0.15) is 0 Å². The lowest BCUT2D eigenvalue weighted by atomic mass is 10.2. The molecule has 1 nitrogen and oxygen atoms in total. The van der Waals surface area contributed by atoms with Crippen LogP contribution >= 0.6 is 15.9 Å². The van der Waals surface area contributed by atoms with E-state index in [1.807, 2.05) is 12.3 Å². The SMILES string of the molecule is CCc1nccc(C)c1Br. The largest absolute Gasteiger partial charge is 0.260 e. The van der Waals surface area contributed by atoms with Gasteiger partial charge in [-0.3, -0.25) is 4.98 Å². The summed E-state index contributed by atoms with van der Waals surface area (Å²) in [5.74, 6) is 0. The minimum Gasteiger partial charge on any atom is -0.260 e. The second kappa shape index (κ2) is 3.15. The molecule has 1 aromatic heterocycles. The van der Waals surface area contributed by atoms with Crippen molar-refractivity contribution in [3.8, 4) is 0 Å². The average Bonchev–Trinajstić information content (AvgIpc) is 1.95. The Morgan fingerprint density at radius 2 is 2.30 bits per heavy atom. The summed E-state index contributed by atoms with van der Waals surface area (Å²) in [7, 11) is 0. The van der Waals surface area contributed by atoms with E-state index in [0.29, 0.717) is 0 Å². The van der Waals surface area contributed by atoms with Crippen molar-refractivity contribution in [3.05, 3.63) is 28.0 Å². The van der Waals surface area contributed by atoms with Gasteiger partial charge in [0.25, 0.3) is 0 Å². The fraction of sp³-hybridized carbons (Fsp3) is 0.375. The molecule has 1 heterocycles. The molecule has 0 bridgehead atoms. The van der Waals surface area contributed by atoms with Gasteiger partial charge in [0.05, 0.1) is 5.69 Å². The predicted octanol–water partition coefficient (Wildman–Crippen LogP) is 2.71. The number of halogens is 1. The first kappa shape index (κ1) is 7.73. The number of hydrogen-bond acceptors (Lipinski definition) is 1. The minimum absolute atomic E-state index is 0.988. The normalized spacial score (nSPS) is 9.90. The van der Waals surface area contributed by atoms with Gasteiger partial charge in [-0.2, -0.15) is 0 Å². The van der Waals surface area contributed by atoms with E-state index in [-0.39, 0.29) is 0 Å². The number of aromatic nitrogens is 1. The summed E-state index contributed by atoms with van der Waals surface area (Å²) < 4.78 is 1.15. The zero-order valence-electron chi connectivity index (χ0n) is 6.19. The Balaban J connectivity index is 3.14. The summed E-state index contributed by atoms with van der Waals surface area (Å²) in [6.07, 6.45) is 2.83. The molecule has 0 spiro atoms. The standard InChI is InChI=1S/C8H10BrN/c1-3-7-8(9)6(2)4-5-10-7/h4-5H,3H2,1-2H3. The van der Waals surface area contributed by atoms with Crippen LogP contribution in [-0.2, 0) is 6.42 Å². The highest BCUT2D eigenvalue weighted by molar-refractivity contribution is 9.10. The van der Waals surface area contributed by atoms with Crippen LogP contribution in [-0.4, -0.2) is 4.98 Å². The maximum absolute atomic E-state index is 4.21. The van der Waals surface area contributed by atoms with E-state index in [0.717, 1.165) is 16.6 Å². The molecule has 1 rings (SSSR count). The van der Waals surface area contributed by atoms with Gasteiger partial charge in [-0.15, -0.1) is 0 Å². The molecule has 0 amide bonds. The molecule has 0 aliphatic carbocycles. The molecule has 0 atom stereocenters. The van der Waals surface area contributed by atoms with E-state index in [1.165, 1.54) is 5.56 Å². The lowest BCUT2D eigenvalue weighted by Crippen LogP contribution is -1.89. The Morgan fingerprint density at radius 1 is 1.60 bits per heavy atom. The zero-order valence-corrected chi connectivity index (χ0v) is 7.77. The van der Waals surface area contributed by atoms with Gasteiger partial charge in [0.2, 0.25) is 0 Å². The Bertz CT molecular complexity index is 233. The quantitative estimate of drug-likeness (QED) is 0.679. The molecule has 0 saturated heterocycles. The lowest BCUT2D eigenvalue weighted by molar-refractivity contribution is 1.01. The highest BCUT2D eigenvalue weighted by Crippen LogP contribution is 2.18. The Kier molecular flexibility index (Phi) is 2.44. The first-order chi connectivity index (χ1) is 4.75. The molecule has 1 aromatic rings. The van der Waals surface area contributed by atoms with Crippen molar-refractivity contribution in [2.75, 3.05) is 0 Å². The first-order valence-electron chi connectivity index (χ1n) is 3.35. The molecule has 0 fully saturated rings. The topological polar surface area (TPSA) is 12.9 Å². The van der Waals surface area contributed by atoms with Crippen molar-refractivity contribution in [2.45, 2.75) is 20.3 Å². The van der Waals surface area contributed by atoms with Crippen LogP contribution in [0.25, 0.3) is 0 Å². The van der Waals surface area contributed by atoms with E-state index in [9.17, 15) is 0 Å². The van der Waals surface area contributed by atoms with Crippen LogP contribution in [0.5, 0.6) is 0 Å². The van der Waals surface area contributed by atoms with Gasteiger partial charge in [-0.05, 0) is 40.9 Å². The van der Waals surface area contributed by atoms with Crippen molar-refractivity contribution >= 4 is 15.9 Å². The molecule has 0 aromatic carbocycles. The molecule has 0 unspecified atom stereocenters. The number of pyridine rings is 1. The fourth-order valence-corrected chi connectivity index (χ4v) is 1.36. The van der Waals surface area contributed by atoms with Gasteiger partial charge < -0.3 is 0 Å². The molecule has 2 heteroatoms. The molecule has 0 saturated carbocycles. The van der Waals surface area contributed by atoms with Crippen molar-refractivity contribution in [1.82, 2.24) is 4.98 Å². The van der Waals surface area contributed by atoms with Crippen molar-refractivity contribution < 1.29 is 0 Å². The van der Waals surface area contributed by atoms with Gasteiger partial charge in [0.15, 0.2) is 0 Å². The highest BCUT2D eigenvalue weighted by Gasteiger charge is 1.99. The van der Waals surface area contributed by atoms with Crippen LogP contribution < -0.4 is 0 Å². The van der Waals surface area contributed by atoms with Crippen LogP contribution in [0.3, 0.4) is 0 Å². The summed E-state index contributed by atoms with van der Waals surface area (Å²) in [4.78, 5) is 4.21. The van der Waals surface area contributed by atoms with Crippen LogP contribution in [0, 0.1) is 6.92 Å². The number of nitrogens with zero attached hydrogens (tertiary/aromatic N) is 1. The first-order valence-corrected chi connectivity index (χ1v) is 4.15. The molecule has 0 radical (unpaired) electrons. The third-order valence-corrected chi connectivity index (χ3v) is 2.57. The Labute approximate surface area is 69.6 Å². The van der Waals surface area contributed by atoms with Gasteiger partial charge in [0, 0.05) is 10.7 Å². The van der Waals surface area contributed by atoms with E-state index >= 15 is 0 Å². The lowest BCUT2D eigenvalue weighted by Gasteiger charge is -2.01. The van der Waals surface area contributed by atoms with Crippen LogP contribution in [0.2, 0.25) is 0 Å². The third kappa shape index (κ3) is 1.37. The smallest absolute Gasteiger partial charge is 0.0545 e. The molecule has 10 heavy (non-hydrogen) atoms.